The average molecular weight is 474 g/mol. The Morgan fingerprint density at radius 2 is 1.94 bits per heavy atom. The monoisotopic (exact) mass is 473 g/mol. The lowest BCUT2D eigenvalue weighted by Crippen LogP contribution is -2.49. The summed E-state index contributed by atoms with van der Waals surface area (Å²) in [5, 5.41) is 16.3. The van der Waals surface area contributed by atoms with Crippen molar-refractivity contribution in [1.82, 2.24) is 24.9 Å². The van der Waals surface area contributed by atoms with Crippen LogP contribution in [0.2, 0.25) is 0 Å². The van der Waals surface area contributed by atoms with E-state index < -0.39 is 12.1 Å². The van der Waals surface area contributed by atoms with Gasteiger partial charge in [-0.05, 0) is 24.5 Å². The van der Waals surface area contributed by atoms with Gasteiger partial charge in [-0.25, -0.2) is 14.0 Å². The van der Waals surface area contributed by atoms with Crippen molar-refractivity contribution < 1.29 is 23.9 Å². The van der Waals surface area contributed by atoms with Crippen molar-refractivity contribution in [2.45, 2.75) is 12.8 Å². The minimum atomic E-state index is -0.856. The van der Waals surface area contributed by atoms with E-state index in [1.165, 1.54) is 14.5 Å². The van der Waals surface area contributed by atoms with Crippen LogP contribution < -0.4 is 15.1 Å². The average Bonchev–Trinajstić information content (AvgIpc) is 3.40. The van der Waals surface area contributed by atoms with Crippen molar-refractivity contribution >= 4 is 40.4 Å². The van der Waals surface area contributed by atoms with Gasteiger partial charge >= 0.3 is 12.1 Å². The van der Waals surface area contributed by atoms with Gasteiger partial charge in [-0.1, -0.05) is 0 Å². The molecule has 11 nitrogen and oxygen atoms in total. The second kappa shape index (κ2) is 8.75. The van der Waals surface area contributed by atoms with Crippen molar-refractivity contribution in [2.24, 2.45) is 13.0 Å². The minimum Gasteiger partial charge on any atom is -0.465 e. The summed E-state index contributed by atoms with van der Waals surface area (Å²) in [5.74, 6) is -0.0366. The third-order valence-corrected chi connectivity index (χ3v) is 7.00. The Bertz CT molecular complexity index is 1140. The zero-order valence-corrected chi connectivity index (χ0v) is 19.0. The summed E-state index contributed by atoms with van der Waals surface area (Å²) in [5.41, 5.74) is 0.817. The molecular weight excluding hydrogens is 445 g/mol. The lowest BCUT2D eigenvalue weighted by molar-refractivity contribution is -0.120. The molecule has 2 aromatic rings. The van der Waals surface area contributed by atoms with Crippen LogP contribution in [0.4, 0.5) is 25.5 Å². The number of carboxylic acid groups (broad SMARTS) is 1. The molecule has 0 radical (unpaired) electrons. The SMILES string of the molecule is Cn1nc(N2CCC(=O)NC2=O)c2ccc(N3CCN(C[C@@H]4CCN(C(=O)O)C4)CC3)c(F)c21. The van der Waals surface area contributed by atoms with E-state index in [4.69, 9.17) is 5.11 Å². The summed E-state index contributed by atoms with van der Waals surface area (Å²) in [7, 11) is 1.64. The molecule has 3 aliphatic rings. The van der Waals surface area contributed by atoms with E-state index in [0.29, 0.717) is 54.5 Å². The zero-order valence-electron chi connectivity index (χ0n) is 19.0. The first-order valence-electron chi connectivity index (χ1n) is 11.5. The van der Waals surface area contributed by atoms with Crippen LogP contribution in [0.3, 0.4) is 0 Å². The highest BCUT2D eigenvalue weighted by molar-refractivity contribution is 6.09. The summed E-state index contributed by atoms with van der Waals surface area (Å²) in [6.07, 6.45) is 0.194. The Morgan fingerprint density at radius 1 is 1.18 bits per heavy atom. The number of urea groups is 1. The van der Waals surface area contributed by atoms with Gasteiger partial charge in [0.1, 0.15) is 5.52 Å². The first-order valence-corrected chi connectivity index (χ1v) is 11.5. The predicted molar refractivity (Wildman–Crippen MR) is 123 cm³/mol. The molecule has 5 rings (SSSR count). The van der Waals surface area contributed by atoms with Crippen LogP contribution in [0.1, 0.15) is 12.8 Å². The van der Waals surface area contributed by atoms with Crippen molar-refractivity contribution in [3.8, 4) is 0 Å². The number of anilines is 2. The molecule has 12 heteroatoms. The summed E-state index contributed by atoms with van der Waals surface area (Å²) < 4.78 is 17.1. The smallest absolute Gasteiger partial charge is 0.407 e. The van der Waals surface area contributed by atoms with Crippen LogP contribution >= 0.6 is 0 Å². The Balaban J connectivity index is 1.28. The fourth-order valence-electron chi connectivity index (χ4n) is 5.20. The number of carbonyl (C=O) groups is 3. The molecule has 1 aromatic heterocycles. The Labute approximate surface area is 195 Å². The van der Waals surface area contributed by atoms with Gasteiger partial charge in [0.05, 0.1) is 5.69 Å². The van der Waals surface area contributed by atoms with Crippen molar-refractivity contribution in [3.05, 3.63) is 17.9 Å². The number of likely N-dealkylation sites (tertiary alicyclic amines) is 1. The lowest BCUT2D eigenvalue weighted by atomic mass is 10.1. The number of halogens is 1. The summed E-state index contributed by atoms with van der Waals surface area (Å²) >= 11 is 0. The third-order valence-electron chi connectivity index (χ3n) is 7.00. The summed E-state index contributed by atoms with van der Waals surface area (Å²) in [4.78, 5) is 42.1. The van der Waals surface area contributed by atoms with Crippen LogP contribution in [0, 0.1) is 11.7 Å². The largest absolute Gasteiger partial charge is 0.465 e. The topological polar surface area (TPSA) is 114 Å². The van der Waals surface area contributed by atoms with Crippen LogP contribution in [-0.4, -0.2) is 95.1 Å². The highest BCUT2D eigenvalue weighted by atomic mass is 19.1. The van der Waals surface area contributed by atoms with Crippen LogP contribution in [0.15, 0.2) is 12.1 Å². The number of hydrogen-bond acceptors (Lipinski definition) is 6. The van der Waals surface area contributed by atoms with E-state index in [-0.39, 0.29) is 24.7 Å². The van der Waals surface area contributed by atoms with E-state index in [2.05, 4.69) is 15.3 Å². The molecule has 0 aliphatic carbocycles. The van der Waals surface area contributed by atoms with Crippen molar-refractivity contribution in [2.75, 3.05) is 62.2 Å². The molecule has 0 spiro atoms. The number of aromatic nitrogens is 2. The van der Waals surface area contributed by atoms with Gasteiger partial charge in [0.15, 0.2) is 11.6 Å². The van der Waals surface area contributed by atoms with E-state index in [1.54, 1.807) is 19.2 Å². The molecule has 0 unspecified atom stereocenters. The Kier molecular flexibility index (Phi) is 5.76. The molecule has 0 saturated carbocycles. The summed E-state index contributed by atoms with van der Waals surface area (Å²) in [6, 6.07) is 2.96. The Hall–Kier alpha value is -3.41. The molecule has 0 bridgehead atoms. The lowest BCUT2D eigenvalue weighted by Gasteiger charge is -2.37. The molecule has 1 aromatic carbocycles. The number of aryl methyl sites for hydroxylation is 1. The second-order valence-electron chi connectivity index (χ2n) is 9.17. The molecule has 3 saturated heterocycles. The van der Waals surface area contributed by atoms with Gasteiger partial charge in [-0.15, -0.1) is 0 Å². The van der Waals surface area contributed by atoms with E-state index in [1.807, 2.05) is 4.90 Å². The fraction of sp³-hybridized carbons (Fsp3) is 0.545. The highest BCUT2D eigenvalue weighted by Crippen LogP contribution is 2.34. The van der Waals surface area contributed by atoms with Gasteiger partial charge in [0, 0.05) is 71.2 Å². The number of fused-ring (bicyclic) bond motifs is 1. The molecule has 182 valence electrons. The van der Waals surface area contributed by atoms with Gasteiger partial charge in [-0.3, -0.25) is 24.6 Å². The first kappa shape index (κ1) is 22.4. The number of hydrogen-bond donors (Lipinski definition) is 2. The number of piperazine rings is 1. The number of rotatable bonds is 4. The number of carbonyl (C=O) groups excluding carboxylic acids is 2. The van der Waals surface area contributed by atoms with E-state index in [0.717, 1.165) is 26.1 Å². The van der Waals surface area contributed by atoms with Crippen molar-refractivity contribution in [3.63, 3.8) is 0 Å². The molecule has 2 N–H and O–H groups in total. The maximum Gasteiger partial charge on any atom is 0.407 e. The normalized spacial score (nSPS) is 22.1. The third kappa shape index (κ3) is 4.02. The number of imide groups is 1. The molecule has 34 heavy (non-hydrogen) atoms. The van der Waals surface area contributed by atoms with E-state index >= 15 is 4.39 Å². The molecule has 4 amide bonds. The second-order valence-corrected chi connectivity index (χ2v) is 9.17. The maximum atomic E-state index is 15.6. The van der Waals surface area contributed by atoms with Gasteiger partial charge < -0.3 is 14.9 Å². The Morgan fingerprint density at radius 3 is 2.62 bits per heavy atom. The zero-order chi connectivity index (χ0) is 24.0. The fourth-order valence-corrected chi connectivity index (χ4v) is 5.20. The van der Waals surface area contributed by atoms with Gasteiger partial charge in [0.2, 0.25) is 5.91 Å². The highest BCUT2D eigenvalue weighted by Gasteiger charge is 2.31. The molecule has 3 fully saturated rings. The van der Waals surface area contributed by atoms with Gasteiger partial charge in [-0.2, -0.15) is 5.10 Å². The van der Waals surface area contributed by atoms with Gasteiger partial charge in [0.25, 0.3) is 0 Å². The quantitative estimate of drug-likeness (QED) is 0.688. The van der Waals surface area contributed by atoms with Crippen LogP contribution in [0.25, 0.3) is 10.9 Å². The molecule has 3 aliphatic heterocycles. The van der Waals surface area contributed by atoms with Crippen LogP contribution in [-0.2, 0) is 11.8 Å². The standard InChI is InChI=1S/C22H28FN7O4/c1-26-19-15(20(25-26)30-7-5-17(31)24-21(30)32)2-3-16(18(19)23)28-10-8-27(9-11-28)12-14-4-6-29(13-14)22(33)34/h2-3,14H,4-13H2,1H3,(H,33,34)(H,24,31,32)/t14-/m0/s1. The summed E-state index contributed by atoms with van der Waals surface area (Å²) in [6.45, 7) is 5.11. The van der Waals surface area contributed by atoms with Crippen LogP contribution in [0.5, 0.6) is 0 Å². The number of nitrogens with zero attached hydrogens (tertiary/aromatic N) is 6. The number of amides is 4. The minimum absolute atomic E-state index is 0.170. The predicted octanol–water partition coefficient (Wildman–Crippen LogP) is 1.28. The molecule has 1 atom stereocenters. The first-order chi connectivity index (χ1) is 16.3. The van der Waals surface area contributed by atoms with Crippen molar-refractivity contribution in [1.29, 1.82) is 0 Å². The maximum absolute atomic E-state index is 15.6. The van der Waals surface area contributed by atoms with E-state index in [9.17, 15) is 14.4 Å². The number of nitrogens with one attached hydrogen (secondary N) is 1. The molecule has 4 heterocycles. The number of benzene rings is 1. The molecular formula is C22H28FN7O4.